The van der Waals surface area contributed by atoms with Crippen LogP contribution in [0, 0.1) is 0 Å². The fourth-order valence-corrected chi connectivity index (χ4v) is 3.88. The second-order valence-corrected chi connectivity index (χ2v) is 9.27. The maximum atomic E-state index is 13.1. The van der Waals surface area contributed by atoms with Gasteiger partial charge in [-0.15, -0.1) is 20.5 Å². The van der Waals surface area contributed by atoms with Crippen LogP contribution in [-0.2, 0) is 11.3 Å². The van der Waals surface area contributed by atoms with Crippen molar-refractivity contribution in [3.05, 3.63) is 70.8 Å². The molecule has 11 nitrogen and oxygen atoms in total. The summed E-state index contributed by atoms with van der Waals surface area (Å²) in [5.41, 5.74) is -5.80. The first-order chi connectivity index (χ1) is 19.1. The molecule has 0 aromatic heterocycles. The molecule has 2 aromatic carbocycles. The van der Waals surface area contributed by atoms with Crippen LogP contribution in [-0.4, -0.2) is 70.9 Å². The molecule has 2 aliphatic rings. The molecule has 41 heavy (non-hydrogen) atoms. The van der Waals surface area contributed by atoms with Crippen molar-refractivity contribution < 1.29 is 51.3 Å². The van der Waals surface area contributed by atoms with Crippen molar-refractivity contribution in [1.29, 1.82) is 0 Å². The summed E-state index contributed by atoms with van der Waals surface area (Å²) in [5, 5.41) is 47.3. The molecule has 0 saturated heterocycles. The lowest BCUT2D eigenvalue weighted by Crippen LogP contribution is -2.45. The molecule has 2 heterocycles. The molecule has 0 aliphatic carbocycles. The number of halogens is 6. The first-order valence-electron chi connectivity index (χ1n) is 11.9. The predicted molar refractivity (Wildman–Crippen MR) is 125 cm³/mol. The lowest BCUT2D eigenvalue weighted by molar-refractivity contribution is -0.166. The minimum Gasteiger partial charge on any atom is -0.390 e. The Bertz CT molecular complexity index is 1330. The lowest BCUT2D eigenvalue weighted by Gasteiger charge is -2.23. The highest BCUT2D eigenvalue weighted by Gasteiger charge is 2.65. The van der Waals surface area contributed by atoms with Crippen molar-refractivity contribution in [2.75, 3.05) is 13.1 Å². The number of nitrogens with one attached hydrogen (secondary N) is 2. The minimum absolute atomic E-state index is 0.0204. The number of aliphatic hydroxyl groups excluding tert-OH is 3. The number of hydrogen-bond donors (Lipinski definition) is 5. The van der Waals surface area contributed by atoms with E-state index in [2.05, 4.69) is 31.1 Å². The summed E-state index contributed by atoms with van der Waals surface area (Å²) in [6, 6.07) is 8.74. The molecule has 0 radical (unpaired) electrons. The van der Waals surface area contributed by atoms with E-state index in [0.29, 0.717) is 0 Å². The molecule has 17 heteroatoms. The van der Waals surface area contributed by atoms with Crippen LogP contribution < -0.4 is 10.6 Å². The summed E-state index contributed by atoms with van der Waals surface area (Å²) in [7, 11) is 0. The first kappa shape index (κ1) is 30.0. The van der Waals surface area contributed by atoms with E-state index in [9.17, 15) is 51.3 Å². The molecule has 0 fully saturated rings. The molecular weight excluding hydrogens is 566 g/mol. The minimum atomic E-state index is -4.72. The van der Waals surface area contributed by atoms with Gasteiger partial charge < -0.3 is 26.0 Å². The van der Waals surface area contributed by atoms with Gasteiger partial charge in [-0.2, -0.15) is 26.3 Å². The van der Waals surface area contributed by atoms with Gasteiger partial charge >= 0.3 is 23.7 Å². The second-order valence-electron chi connectivity index (χ2n) is 9.27. The van der Waals surface area contributed by atoms with E-state index in [4.69, 9.17) is 0 Å². The van der Waals surface area contributed by atoms with Crippen molar-refractivity contribution in [2.45, 2.75) is 48.4 Å². The summed E-state index contributed by atoms with van der Waals surface area (Å²) in [6.07, 6.45) is -14.6. The zero-order valence-corrected chi connectivity index (χ0v) is 20.7. The fourth-order valence-electron chi connectivity index (χ4n) is 3.88. The third kappa shape index (κ3) is 6.06. The zero-order valence-electron chi connectivity index (χ0n) is 20.7. The van der Waals surface area contributed by atoms with Crippen LogP contribution in [0.1, 0.15) is 38.3 Å². The van der Waals surface area contributed by atoms with E-state index >= 15 is 0 Å². The van der Waals surface area contributed by atoms with Crippen LogP contribution >= 0.6 is 0 Å². The van der Waals surface area contributed by atoms with Crippen LogP contribution in [0.5, 0.6) is 0 Å². The number of aliphatic hydroxyl groups is 3. The number of carbonyl (C=O) groups excluding carboxylic acids is 2. The average molecular weight is 588 g/mol. The van der Waals surface area contributed by atoms with Gasteiger partial charge in [0.05, 0.1) is 12.2 Å². The van der Waals surface area contributed by atoms with Crippen molar-refractivity contribution in [3.63, 3.8) is 0 Å². The molecule has 3 atom stereocenters. The Morgan fingerprint density at radius 2 is 1.07 bits per heavy atom. The Labute approximate surface area is 227 Å². The van der Waals surface area contributed by atoms with Crippen molar-refractivity contribution in [2.24, 2.45) is 20.5 Å². The molecule has 220 valence electrons. The maximum Gasteiger partial charge on any atom is 0.442 e. The maximum absolute atomic E-state index is 13.1. The molecule has 4 rings (SSSR count). The van der Waals surface area contributed by atoms with Crippen molar-refractivity contribution in [1.82, 2.24) is 10.6 Å². The highest BCUT2D eigenvalue weighted by Crippen LogP contribution is 2.53. The van der Waals surface area contributed by atoms with Gasteiger partial charge in [0.25, 0.3) is 11.8 Å². The Kier molecular flexibility index (Phi) is 7.90. The molecule has 0 saturated carbocycles. The Morgan fingerprint density at radius 3 is 1.44 bits per heavy atom. The predicted octanol–water partition coefficient (Wildman–Crippen LogP) is 2.68. The van der Waals surface area contributed by atoms with Crippen molar-refractivity contribution >= 4 is 11.8 Å². The van der Waals surface area contributed by atoms with Crippen LogP contribution in [0.25, 0.3) is 0 Å². The third-order valence-electron chi connectivity index (χ3n) is 6.48. The van der Waals surface area contributed by atoms with Crippen LogP contribution in [0.2, 0.25) is 0 Å². The molecule has 3 unspecified atom stereocenters. The van der Waals surface area contributed by atoms with Gasteiger partial charge in [-0.05, 0) is 30.7 Å². The Balaban J connectivity index is 1.19. The van der Waals surface area contributed by atoms with Crippen molar-refractivity contribution in [3.8, 4) is 0 Å². The molecule has 2 aliphatic heterocycles. The van der Waals surface area contributed by atoms with E-state index in [1.807, 2.05) is 0 Å². The van der Waals surface area contributed by atoms with Gasteiger partial charge in [0.2, 0.25) is 0 Å². The topological polar surface area (TPSA) is 168 Å². The standard InChI is InChI=1S/C24H22F6N6O5/c25-23(26,27)21(33-34-21)14-5-1-12(2-6-14)19(40)31-10-9-16(37)18(39)17(38)11-32-20(41)13-3-7-15(8-4-13)22(35-36-22)24(28,29)30/h1-8,16-18,37-39H,9-11H2,(H,31,40)(H,32,41). The Hall–Kier alpha value is -3.96. The Morgan fingerprint density at radius 1 is 0.683 bits per heavy atom. The number of alkyl halides is 6. The highest BCUT2D eigenvalue weighted by molar-refractivity contribution is 5.94. The zero-order chi connectivity index (χ0) is 30.2. The largest absolute Gasteiger partial charge is 0.442 e. The van der Waals surface area contributed by atoms with Crippen LogP contribution in [0.15, 0.2) is 69.0 Å². The summed E-state index contributed by atoms with van der Waals surface area (Å²) in [5.74, 6) is -1.44. The summed E-state index contributed by atoms with van der Waals surface area (Å²) < 4.78 is 78.4. The van der Waals surface area contributed by atoms with E-state index in [-0.39, 0.29) is 35.2 Å². The third-order valence-corrected chi connectivity index (χ3v) is 6.48. The van der Waals surface area contributed by atoms with E-state index in [1.165, 1.54) is 0 Å². The number of benzene rings is 2. The normalized spacial score (nSPS) is 18.8. The summed E-state index contributed by atoms with van der Waals surface area (Å²) in [4.78, 5) is 24.5. The van der Waals surface area contributed by atoms with E-state index in [1.54, 1.807) is 0 Å². The van der Waals surface area contributed by atoms with Gasteiger partial charge in [0, 0.05) is 35.3 Å². The van der Waals surface area contributed by atoms with Gasteiger partial charge in [-0.25, -0.2) is 0 Å². The number of nitrogens with zero attached hydrogens (tertiary/aromatic N) is 4. The monoisotopic (exact) mass is 588 g/mol. The molecule has 5 N–H and O–H groups in total. The molecular formula is C24H22F6N6O5. The second kappa shape index (κ2) is 10.8. The first-order valence-corrected chi connectivity index (χ1v) is 11.9. The molecule has 2 amide bonds. The molecule has 0 bridgehead atoms. The van der Waals surface area contributed by atoms with Gasteiger partial charge in [-0.1, -0.05) is 24.3 Å². The number of hydrogen-bond acceptors (Lipinski definition) is 9. The smallest absolute Gasteiger partial charge is 0.390 e. The van der Waals surface area contributed by atoms with E-state index < -0.39 is 60.3 Å². The highest BCUT2D eigenvalue weighted by atomic mass is 19.4. The quantitative estimate of drug-likeness (QED) is 0.254. The van der Waals surface area contributed by atoms with E-state index in [0.717, 1.165) is 48.5 Å². The van der Waals surface area contributed by atoms with Crippen LogP contribution in [0.3, 0.4) is 0 Å². The van der Waals surface area contributed by atoms with Crippen LogP contribution in [0.4, 0.5) is 26.3 Å². The number of amides is 2. The van der Waals surface area contributed by atoms with Gasteiger partial charge in [0.1, 0.15) is 6.10 Å². The molecule has 2 aromatic rings. The SMILES string of the molecule is O=C(NCCC(O)C(O)C(O)CNC(=O)c1ccc(C2(C(F)(F)F)N=N2)cc1)c1ccc(C2(C(F)(F)F)N=N2)cc1. The van der Waals surface area contributed by atoms with Gasteiger partial charge in [0.15, 0.2) is 0 Å². The van der Waals surface area contributed by atoms with Gasteiger partial charge in [-0.3, -0.25) is 9.59 Å². The fraction of sp³-hybridized carbons (Fsp3) is 0.417. The lowest BCUT2D eigenvalue weighted by atomic mass is 10.0. The number of carbonyl (C=O) groups is 2. The number of rotatable bonds is 11. The molecule has 0 spiro atoms. The average Bonchev–Trinajstić information content (AvgIpc) is 3.84. The summed E-state index contributed by atoms with van der Waals surface area (Å²) >= 11 is 0. The summed E-state index contributed by atoms with van der Waals surface area (Å²) in [6.45, 7) is -0.702.